The number of carbonyl (C=O) groups is 1. The molecule has 2 heterocycles. The Morgan fingerprint density at radius 2 is 1.94 bits per heavy atom. The van der Waals surface area contributed by atoms with Gasteiger partial charge in [-0.2, -0.15) is 0 Å². The number of nitrogens with one attached hydrogen (secondary N) is 1. The van der Waals surface area contributed by atoms with E-state index in [9.17, 15) is 4.79 Å². The van der Waals surface area contributed by atoms with Gasteiger partial charge in [-0.25, -0.2) is 4.99 Å². The van der Waals surface area contributed by atoms with Crippen molar-refractivity contribution < 1.29 is 4.79 Å². The van der Waals surface area contributed by atoms with Crippen LogP contribution in [0.2, 0.25) is 0 Å². The minimum atomic E-state index is -0.0829. The van der Waals surface area contributed by atoms with Gasteiger partial charge in [-0.15, -0.1) is 0 Å². The summed E-state index contributed by atoms with van der Waals surface area (Å²) in [6, 6.07) is 12.7. The Bertz CT molecular complexity index is 1100. The molecule has 0 bridgehead atoms. The summed E-state index contributed by atoms with van der Waals surface area (Å²) in [6.45, 7) is 14.5. The van der Waals surface area contributed by atoms with E-state index in [1.165, 1.54) is 34.1 Å². The van der Waals surface area contributed by atoms with E-state index in [4.69, 9.17) is 0 Å². The van der Waals surface area contributed by atoms with Crippen molar-refractivity contribution in [1.82, 2.24) is 5.32 Å². The van der Waals surface area contributed by atoms with Crippen molar-refractivity contribution >= 4 is 40.3 Å². The van der Waals surface area contributed by atoms with Gasteiger partial charge in [0.2, 0.25) is 0 Å². The van der Waals surface area contributed by atoms with Crippen LogP contribution in [0.15, 0.2) is 46.3 Å². The van der Waals surface area contributed by atoms with E-state index in [0.717, 1.165) is 30.6 Å². The second kappa shape index (κ2) is 8.78. The van der Waals surface area contributed by atoms with Gasteiger partial charge in [-0.05, 0) is 111 Å². The Morgan fingerprint density at radius 3 is 2.59 bits per heavy atom. The van der Waals surface area contributed by atoms with Gasteiger partial charge in [0.15, 0.2) is 5.17 Å². The zero-order valence-electron chi connectivity index (χ0n) is 20.0. The summed E-state index contributed by atoms with van der Waals surface area (Å²) in [5.74, 6) is 0.397. The molecule has 2 aromatic rings. The fourth-order valence-electron chi connectivity index (χ4n) is 4.95. The molecule has 2 aliphatic heterocycles. The summed E-state index contributed by atoms with van der Waals surface area (Å²) in [5, 5.41) is 3.55. The van der Waals surface area contributed by atoms with Gasteiger partial charge < -0.3 is 10.2 Å². The van der Waals surface area contributed by atoms with E-state index < -0.39 is 0 Å². The van der Waals surface area contributed by atoms with Gasteiger partial charge >= 0.3 is 0 Å². The Balaban J connectivity index is 1.63. The predicted molar refractivity (Wildman–Crippen MR) is 138 cm³/mol. The van der Waals surface area contributed by atoms with Gasteiger partial charge in [0.25, 0.3) is 5.91 Å². The highest BCUT2D eigenvalue weighted by atomic mass is 32.2. The van der Waals surface area contributed by atoms with Crippen LogP contribution in [0.4, 0.5) is 11.4 Å². The Hall–Kier alpha value is -2.53. The Kier molecular flexibility index (Phi) is 6.22. The first-order valence-electron chi connectivity index (χ1n) is 11.5. The summed E-state index contributed by atoms with van der Waals surface area (Å²) in [6.07, 6.45) is 4.14. The van der Waals surface area contributed by atoms with E-state index in [-0.39, 0.29) is 11.4 Å². The highest BCUT2D eigenvalue weighted by molar-refractivity contribution is 8.18. The predicted octanol–water partition coefficient (Wildman–Crippen LogP) is 6.56. The molecule has 4 rings (SSSR count). The highest BCUT2D eigenvalue weighted by Gasteiger charge is 2.35. The zero-order chi connectivity index (χ0) is 23.0. The van der Waals surface area contributed by atoms with Crippen molar-refractivity contribution in [3.8, 4) is 0 Å². The molecule has 0 aliphatic carbocycles. The topological polar surface area (TPSA) is 44.7 Å². The number of amidine groups is 1. The molecule has 1 atom stereocenters. The first-order valence-corrected chi connectivity index (χ1v) is 12.3. The molecule has 32 heavy (non-hydrogen) atoms. The maximum atomic E-state index is 12.6. The van der Waals surface area contributed by atoms with Gasteiger partial charge in [0, 0.05) is 17.8 Å². The lowest BCUT2D eigenvalue weighted by Crippen LogP contribution is -2.48. The van der Waals surface area contributed by atoms with Crippen molar-refractivity contribution in [3.05, 3.63) is 63.6 Å². The number of thioether (sulfide) groups is 1. The van der Waals surface area contributed by atoms with Crippen LogP contribution in [-0.2, 0) is 11.2 Å². The summed E-state index contributed by atoms with van der Waals surface area (Å²) in [5.41, 5.74) is 7.28. The molecule has 1 N–H and O–H groups in total. The first kappa shape index (κ1) is 22.7. The summed E-state index contributed by atoms with van der Waals surface area (Å²) < 4.78 is 0. The molecule has 0 spiro atoms. The van der Waals surface area contributed by atoms with E-state index in [2.05, 4.69) is 81.0 Å². The van der Waals surface area contributed by atoms with E-state index in [0.29, 0.717) is 16.0 Å². The fraction of sp³-hybridized carbons (Fsp3) is 0.407. The number of amides is 1. The van der Waals surface area contributed by atoms with Crippen LogP contribution in [0.1, 0.15) is 69.2 Å². The van der Waals surface area contributed by atoms with Crippen molar-refractivity contribution in [2.45, 2.75) is 65.8 Å². The second-order valence-electron chi connectivity index (χ2n) is 9.43. The zero-order valence-corrected chi connectivity index (χ0v) is 20.8. The summed E-state index contributed by atoms with van der Waals surface area (Å²) >= 11 is 1.41. The quantitative estimate of drug-likeness (QED) is 0.540. The molecule has 5 heteroatoms. The van der Waals surface area contributed by atoms with Crippen molar-refractivity contribution in [3.63, 3.8) is 0 Å². The molecule has 2 aromatic carbocycles. The largest absolute Gasteiger partial charge is 0.366 e. The van der Waals surface area contributed by atoms with Gasteiger partial charge in [-0.1, -0.05) is 26.0 Å². The molecule has 0 saturated carbocycles. The van der Waals surface area contributed by atoms with E-state index in [1.54, 1.807) is 0 Å². The SMILES string of the molecule is CCc1ccc(N=C2NC(=O)/C(=C/c3cc4c(cc3C)N(CC)C(C)(C)C[C@H]4C)S2)cc1. The van der Waals surface area contributed by atoms with E-state index in [1.807, 2.05) is 18.2 Å². The number of hydrogen-bond acceptors (Lipinski definition) is 4. The number of carbonyl (C=O) groups excluding carboxylic acids is 1. The van der Waals surface area contributed by atoms with Crippen LogP contribution in [-0.4, -0.2) is 23.2 Å². The second-order valence-corrected chi connectivity index (χ2v) is 10.5. The molecule has 0 aromatic heterocycles. The number of nitrogens with zero attached hydrogens (tertiary/aromatic N) is 2. The lowest BCUT2D eigenvalue weighted by atomic mass is 9.79. The average molecular weight is 448 g/mol. The monoisotopic (exact) mass is 447 g/mol. The third-order valence-electron chi connectivity index (χ3n) is 6.60. The number of fused-ring (bicyclic) bond motifs is 1. The number of aryl methyl sites for hydroxylation is 2. The van der Waals surface area contributed by atoms with Crippen LogP contribution in [0.25, 0.3) is 6.08 Å². The van der Waals surface area contributed by atoms with E-state index >= 15 is 0 Å². The lowest BCUT2D eigenvalue weighted by Gasteiger charge is -2.47. The Labute approximate surface area is 196 Å². The Morgan fingerprint density at radius 1 is 1.22 bits per heavy atom. The molecular formula is C27H33N3OS. The summed E-state index contributed by atoms with van der Waals surface area (Å²) in [4.78, 5) is 20.5. The highest BCUT2D eigenvalue weighted by Crippen LogP contribution is 2.44. The fourth-order valence-corrected chi connectivity index (χ4v) is 5.78. The first-order chi connectivity index (χ1) is 15.2. The van der Waals surface area contributed by atoms with Crippen LogP contribution in [0.5, 0.6) is 0 Å². The minimum Gasteiger partial charge on any atom is -0.366 e. The molecular weight excluding hydrogens is 414 g/mol. The lowest BCUT2D eigenvalue weighted by molar-refractivity contribution is -0.115. The summed E-state index contributed by atoms with van der Waals surface area (Å²) in [7, 11) is 0. The van der Waals surface area contributed by atoms with Gasteiger partial charge in [0.05, 0.1) is 10.6 Å². The van der Waals surface area contributed by atoms with Crippen molar-refractivity contribution in [1.29, 1.82) is 0 Å². The normalized spacial score (nSPS) is 22.4. The number of aliphatic imine (C=N–C) groups is 1. The average Bonchev–Trinajstić information content (AvgIpc) is 3.08. The standard InChI is InChI=1S/C27H33N3OS/c1-7-19-9-11-21(12-10-19)28-26-29-25(31)24(32-26)15-20-14-22-18(4)16-27(5,6)30(8-2)23(22)13-17(20)3/h9-15,18H,7-8,16H2,1-6H3,(H,28,29,31)/b24-15-/t18-/m1/s1. The molecule has 1 amide bonds. The maximum absolute atomic E-state index is 12.6. The van der Waals surface area contributed by atoms with Crippen molar-refractivity contribution in [2.75, 3.05) is 11.4 Å². The van der Waals surface area contributed by atoms with Crippen LogP contribution < -0.4 is 10.2 Å². The smallest absolute Gasteiger partial charge is 0.264 e. The molecule has 0 radical (unpaired) electrons. The molecule has 1 saturated heterocycles. The number of anilines is 1. The maximum Gasteiger partial charge on any atom is 0.264 e. The number of rotatable bonds is 4. The molecule has 0 unspecified atom stereocenters. The van der Waals surface area contributed by atoms with Crippen LogP contribution in [0, 0.1) is 6.92 Å². The molecule has 2 aliphatic rings. The molecule has 1 fully saturated rings. The van der Waals surface area contributed by atoms with Crippen LogP contribution in [0.3, 0.4) is 0 Å². The third-order valence-corrected chi connectivity index (χ3v) is 7.51. The molecule has 168 valence electrons. The van der Waals surface area contributed by atoms with Crippen molar-refractivity contribution in [2.24, 2.45) is 4.99 Å². The van der Waals surface area contributed by atoms with Gasteiger partial charge in [-0.3, -0.25) is 4.79 Å². The molecule has 4 nitrogen and oxygen atoms in total. The van der Waals surface area contributed by atoms with Crippen LogP contribution >= 0.6 is 11.8 Å². The van der Waals surface area contributed by atoms with Gasteiger partial charge in [0.1, 0.15) is 0 Å². The minimum absolute atomic E-state index is 0.0829. The third kappa shape index (κ3) is 4.36. The number of hydrogen-bond donors (Lipinski definition) is 1. The number of benzene rings is 2.